The molecule has 1 aliphatic carbocycles. The minimum absolute atomic E-state index is 0.430. The first kappa shape index (κ1) is 95.3. The summed E-state index contributed by atoms with van der Waals surface area (Å²) < 4.78 is 6.49. The first-order chi connectivity index (χ1) is 58.7. The van der Waals surface area contributed by atoms with Gasteiger partial charge in [-0.05, 0) is 24.1 Å². The molecule has 0 fully saturated rings. The fraction of sp³-hybridized carbons (Fsp3) is 0.0348. The Bertz CT molecular complexity index is 4870. The number of para-hydroxylation sites is 1. The van der Waals surface area contributed by atoms with E-state index in [1.807, 2.05) is 585 Å². The van der Waals surface area contributed by atoms with Crippen molar-refractivity contribution in [1.82, 2.24) is 0 Å². The minimum atomic E-state index is 0.430. The van der Waals surface area contributed by atoms with E-state index in [4.69, 9.17) is 9.73 Å². The Labute approximate surface area is 708 Å². The number of aliphatic imine (C=N–C) groups is 1. The number of ether oxygens (including phenoxy) is 1. The number of nitrogens with zero attached hydrogens (tertiary/aromatic N) is 2. The van der Waals surface area contributed by atoms with Crippen LogP contribution in [0.1, 0.15) is 17.5 Å². The molecule has 118 heavy (non-hydrogen) atoms. The molecule has 3 heteroatoms. The van der Waals surface area contributed by atoms with E-state index in [2.05, 4.69) is 65.6 Å². The van der Waals surface area contributed by atoms with Gasteiger partial charge in [0.1, 0.15) is 12.4 Å². The zero-order chi connectivity index (χ0) is 83.0. The van der Waals surface area contributed by atoms with E-state index in [1.54, 1.807) is 0 Å². The maximum atomic E-state index is 6.49. The summed E-state index contributed by atoms with van der Waals surface area (Å²) in [5.74, 6) is 0.724. The molecule has 3 nitrogen and oxygen atoms in total. The number of hydrogen-bond donors (Lipinski definition) is 0. The topological polar surface area (TPSA) is 24.8 Å². The molecule has 1 aliphatic heterocycles. The van der Waals surface area contributed by atoms with Crippen molar-refractivity contribution in [1.29, 1.82) is 0 Å². The molecule has 0 saturated heterocycles. The summed E-state index contributed by atoms with van der Waals surface area (Å²) in [6.07, 6.45) is 194. The van der Waals surface area contributed by atoms with Crippen molar-refractivity contribution in [2.75, 3.05) is 19.0 Å². The van der Waals surface area contributed by atoms with Crippen LogP contribution in [0.3, 0.4) is 0 Å². The molecule has 2 aromatic carbocycles. The summed E-state index contributed by atoms with van der Waals surface area (Å²) in [4.78, 5) is 7.31. The molecular formula is C115H114N2O. The predicted octanol–water partition coefficient (Wildman–Crippen LogP) is 30.9. The van der Waals surface area contributed by atoms with E-state index in [-0.39, 0.29) is 0 Å². The summed E-state index contributed by atoms with van der Waals surface area (Å²) in [7, 11) is 4.10. The highest BCUT2D eigenvalue weighted by molar-refractivity contribution is 6.34. The summed E-state index contributed by atoms with van der Waals surface area (Å²) in [5.41, 5.74) is 6.01. The van der Waals surface area contributed by atoms with Gasteiger partial charge in [-0.15, -0.1) is 0 Å². The Hall–Kier alpha value is -15.0. The molecule has 2 aliphatic rings. The number of hydrogen-bond acceptors (Lipinski definition) is 3. The van der Waals surface area contributed by atoms with Crippen molar-refractivity contribution in [2.24, 2.45) is 4.99 Å². The van der Waals surface area contributed by atoms with Crippen molar-refractivity contribution >= 4 is 22.7 Å². The second-order valence-electron chi connectivity index (χ2n) is 24.4. The Balaban J connectivity index is 1.30. The van der Waals surface area contributed by atoms with Crippen LogP contribution in [0.5, 0.6) is 0 Å². The molecule has 0 spiro atoms. The van der Waals surface area contributed by atoms with E-state index in [0.29, 0.717) is 6.61 Å². The fourth-order valence-corrected chi connectivity index (χ4v) is 9.13. The van der Waals surface area contributed by atoms with Crippen LogP contribution in [-0.2, 0) is 11.3 Å². The maximum absolute atomic E-state index is 6.49. The van der Waals surface area contributed by atoms with Crippen molar-refractivity contribution in [3.63, 3.8) is 0 Å². The Morgan fingerprint density at radius 3 is 0.686 bits per heavy atom. The molecule has 0 bridgehead atoms. The summed E-state index contributed by atoms with van der Waals surface area (Å²) in [6.45, 7) is 0.430. The average Bonchev–Trinajstić information content (AvgIpc) is 1.63. The quantitative estimate of drug-likeness (QED) is 0.305. The highest BCUT2D eigenvalue weighted by atomic mass is 16.5. The van der Waals surface area contributed by atoms with Crippen LogP contribution in [0.2, 0.25) is 0 Å². The molecule has 0 amide bonds. The van der Waals surface area contributed by atoms with Crippen molar-refractivity contribution in [3.05, 3.63) is 649 Å². The van der Waals surface area contributed by atoms with Crippen molar-refractivity contribution in [2.45, 2.75) is 13.0 Å². The van der Waals surface area contributed by atoms with Gasteiger partial charge < -0.3 is 9.64 Å². The van der Waals surface area contributed by atoms with Gasteiger partial charge in [0.05, 0.1) is 17.1 Å². The lowest BCUT2D eigenvalue weighted by atomic mass is 10.0. The van der Waals surface area contributed by atoms with Crippen molar-refractivity contribution in [3.8, 4) is 0 Å². The van der Waals surface area contributed by atoms with Crippen LogP contribution >= 0.6 is 0 Å². The van der Waals surface area contributed by atoms with Gasteiger partial charge in [-0.3, -0.25) is 0 Å². The Kier molecular flexibility index (Phi) is 61.4. The van der Waals surface area contributed by atoms with Crippen LogP contribution in [0.15, 0.2) is 643 Å². The van der Waals surface area contributed by atoms with Crippen molar-refractivity contribution < 1.29 is 4.74 Å². The molecule has 4 rings (SSSR count). The van der Waals surface area contributed by atoms with E-state index in [9.17, 15) is 0 Å². The third kappa shape index (κ3) is 58.8. The SMILES string of the molecule is CN(C)c1cccc2c1N=C1C=C(OCc3ccccc3)C=CCC=CC=CC=CC=CC=CC=CC=CC=CC=CC=CC=CC=CC=CC=CC=CC=CC=CC=CC=CC=CC=CC=CC=CC=CC=CC=CC=CC=CC=CC=CC=CC=CC=CC=CC=CC=CC=CC=CC=CC=CC=CC=CC=CC=CC=CC=CC=C12. The number of benzene rings is 2. The number of anilines is 1. The minimum Gasteiger partial charge on any atom is -0.489 e. The zero-order valence-corrected chi connectivity index (χ0v) is 68.3. The van der Waals surface area contributed by atoms with Crippen LogP contribution in [-0.4, -0.2) is 19.8 Å². The van der Waals surface area contributed by atoms with E-state index >= 15 is 0 Å². The molecule has 590 valence electrons. The first-order valence-corrected chi connectivity index (χ1v) is 39.5. The lowest BCUT2D eigenvalue weighted by Gasteiger charge is -2.15. The van der Waals surface area contributed by atoms with Crippen LogP contribution in [0.4, 0.5) is 11.4 Å². The molecule has 1 heterocycles. The van der Waals surface area contributed by atoms with Gasteiger partial charge in [-0.1, -0.05) is 614 Å². The highest BCUT2D eigenvalue weighted by Gasteiger charge is 2.23. The highest BCUT2D eigenvalue weighted by Crippen LogP contribution is 2.42. The molecule has 0 aromatic heterocycles. The van der Waals surface area contributed by atoms with Crippen LogP contribution < -0.4 is 4.90 Å². The predicted molar refractivity (Wildman–Crippen MR) is 529 cm³/mol. The third-order valence-electron chi connectivity index (χ3n) is 14.8. The van der Waals surface area contributed by atoms with Gasteiger partial charge in [-0.2, -0.15) is 0 Å². The van der Waals surface area contributed by atoms with Gasteiger partial charge in [0.25, 0.3) is 0 Å². The maximum Gasteiger partial charge on any atom is 0.121 e. The summed E-state index contributed by atoms with van der Waals surface area (Å²) >= 11 is 0. The molecule has 0 atom stereocenters. The molecule has 0 unspecified atom stereocenters. The smallest absolute Gasteiger partial charge is 0.121 e. The lowest BCUT2D eigenvalue weighted by Crippen LogP contribution is -2.08. The average molecular weight is 1540 g/mol. The Morgan fingerprint density at radius 2 is 0.458 bits per heavy atom. The van der Waals surface area contributed by atoms with Gasteiger partial charge in [0.15, 0.2) is 0 Å². The summed E-state index contributed by atoms with van der Waals surface area (Å²) in [6, 6.07) is 16.5. The van der Waals surface area contributed by atoms with E-state index in [1.165, 1.54) is 0 Å². The lowest BCUT2D eigenvalue weighted by molar-refractivity contribution is 0.211. The summed E-state index contributed by atoms with van der Waals surface area (Å²) in [5, 5.41) is 0. The Morgan fingerprint density at radius 1 is 0.237 bits per heavy atom. The zero-order valence-electron chi connectivity index (χ0n) is 68.3. The number of rotatable bonds is 4. The normalized spacial score (nSPS) is 15.8. The van der Waals surface area contributed by atoms with Crippen LogP contribution in [0, 0.1) is 0 Å². The van der Waals surface area contributed by atoms with Crippen LogP contribution in [0.25, 0.3) is 5.57 Å². The number of allylic oxidation sites excluding steroid dienone is 97. The molecular weight excluding hydrogens is 1430 g/mol. The van der Waals surface area contributed by atoms with Gasteiger partial charge >= 0.3 is 0 Å². The molecule has 0 N–H and O–H groups in total. The second kappa shape index (κ2) is 76.0. The fourth-order valence-electron chi connectivity index (χ4n) is 9.13. The van der Waals surface area contributed by atoms with Gasteiger partial charge in [0, 0.05) is 31.3 Å². The van der Waals surface area contributed by atoms with Gasteiger partial charge in [-0.25, -0.2) is 4.99 Å². The van der Waals surface area contributed by atoms with E-state index < -0.39 is 0 Å². The largest absolute Gasteiger partial charge is 0.489 e. The number of fused-ring (bicyclic) bond motifs is 3. The molecule has 2 aromatic rings. The second-order valence-corrected chi connectivity index (χ2v) is 24.4. The first-order valence-electron chi connectivity index (χ1n) is 39.5. The third-order valence-corrected chi connectivity index (χ3v) is 14.8. The van der Waals surface area contributed by atoms with E-state index in [0.717, 1.165) is 46.0 Å². The molecule has 0 radical (unpaired) electrons. The monoisotopic (exact) mass is 1540 g/mol. The molecule has 0 saturated carbocycles. The standard InChI is InChI=1S/C115H114N2O/c1-117(2)114-106-100-105-112-111-104-99-94-92-90-88-86-84-82-80-78-76-74-72-70-68-66-64-62-60-58-56-54-52-50-48-46-44-42-40-38-36-34-32-30-28-26-24-22-20-18-16-14-12-10-8-6-4-3-5-7-9-11-13-15-17-19-21-23-25-27-29-31-33-35-37-39-41-43-45-47-49-51-53-55-57-59-61-63-65-67-69-71-73-75-77-79-81-83-85-87-89-91-93-98-103-110(107-113(111)116-115(112)114)118-108-109-101-96-95-97-102-109/h3-92,94-107H,93,108H2,1-2H3. The van der Waals surface area contributed by atoms with Gasteiger partial charge in [0.2, 0.25) is 0 Å².